The van der Waals surface area contributed by atoms with Crippen LogP contribution >= 0.6 is 24.2 Å². The molecule has 0 spiro atoms. The van der Waals surface area contributed by atoms with Crippen LogP contribution < -0.4 is 0 Å². The molecule has 114 valence electrons. The van der Waals surface area contributed by atoms with Crippen molar-refractivity contribution in [1.29, 1.82) is 0 Å². The Labute approximate surface area is 130 Å². The highest BCUT2D eigenvalue weighted by atomic mass is 35.5. The van der Waals surface area contributed by atoms with Crippen molar-refractivity contribution >= 4 is 36.0 Å². The predicted octanol–water partition coefficient (Wildman–Crippen LogP) is 1.83. The van der Waals surface area contributed by atoms with Gasteiger partial charge in [0.25, 0.3) is 5.91 Å². The smallest absolute Gasteiger partial charge is 0.333 e. The van der Waals surface area contributed by atoms with Crippen molar-refractivity contribution in [2.75, 3.05) is 26.7 Å². The zero-order valence-electron chi connectivity index (χ0n) is 11.8. The lowest BCUT2D eigenvalue weighted by Gasteiger charge is -2.29. The standard InChI is InChI=1S/C13H20N2O3S.ClH/c1-3-18-11(16)9-10-14(2)12(17)13(19-10)15-7-5-4-6-8-15;/h9,13H,3-8H2,1-2H3;1H. The fraction of sp³-hybridized carbons (Fsp3) is 0.692. The van der Waals surface area contributed by atoms with Gasteiger partial charge in [0.05, 0.1) is 17.7 Å². The van der Waals surface area contributed by atoms with E-state index in [2.05, 4.69) is 4.90 Å². The number of amides is 1. The highest BCUT2D eigenvalue weighted by molar-refractivity contribution is 8.04. The molecule has 0 saturated carbocycles. The number of thioether (sulfide) groups is 1. The van der Waals surface area contributed by atoms with Gasteiger partial charge in [-0.1, -0.05) is 18.2 Å². The molecule has 5 nitrogen and oxygen atoms in total. The quantitative estimate of drug-likeness (QED) is 0.586. The lowest BCUT2D eigenvalue weighted by atomic mass is 10.1. The van der Waals surface area contributed by atoms with E-state index in [0.29, 0.717) is 11.6 Å². The Morgan fingerprint density at radius 3 is 2.65 bits per heavy atom. The third kappa shape index (κ3) is 3.90. The molecule has 2 aliphatic heterocycles. The van der Waals surface area contributed by atoms with E-state index in [1.165, 1.54) is 24.3 Å². The number of halogens is 1. The summed E-state index contributed by atoms with van der Waals surface area (Å²) in [5, 5.41) is 0.505. The average Bonchev–Trinajstić information content (AvgIpc) is 2.68. The van der Waals surface area contributed by atoms with Gasteiger partial charge < -0.3 is 9.64 Å². The predicted molar refractivity (Wildman–Crippen MR) is 81.5 cm³/mol. The van der Waals surface area contributed by atoms with Crippen LogP contribution in [-0.4, -0.2) is 53.8 Å². The summed E-state index contributed by atoms with van der Waals surface area (Å²) < 4.78 is 4.89. The summed E-state index contributed by atoms with van der Waals surface area (Å²) in [6.07, 6.45) is 4.94. The fourth-order valence-corrected chi connectivity index (χ4v) is 3.58. The van der Waals surface area contributed by atoms with Crippen molar-refractivity contribution < 1.29 is 14.3 Å². The maximum atomic E-state index is 12.2. The number of carbonyl (C=O) groups excluding carboxylic acids is 2. The second-order valence-corrected chi connectivity index (χ2v) is 5.80. The van der Waals surface area contributed by atoms with Gasteiger partial charge in [-0.3, -0.25) is 9.69 Å². The molecule has 0 aliphatic carbocycles. The van der Waals surface area contributed by atoms with Crippen molar-refractivity contribution in [2.45, 2.75) is 31.6 Å². The van der Waals surface area contributed by atoms with Gasteiger partial charge >= 0.3 is 5.97 Å². The number of hydrogen-bond donors (Lipinski definition) is 0. The molecule has 1 amide bonds. The maximum absolute atomic E-state index is 12.2. The van der Waals surface area contributed by atoms with Crippen LogP contribution in [0.1, 0.15) is 26.2 Å². The molecule has 2 fully saturated rings. The van der Waals surface area contributed by atoms with Crippen molar-refractivity contribution in [3.63, 3.8) is 0 Å². The molecule has 1 atom stereocenters. The van der Waals surface area contributed by atoms with E-state index in [-0.39, 0.29) is 29.7 Å². The Balaban J connectivity index is 0.00000200. The molecule has 2 saturated heterocycles. The van der Waals surface area contributed by atoms with Crippen LogP contribution in [0.5, 0.6) is 0 Å². The van der Waals surface area contributed by atoms with Crippen LogP contribution in [0.15, 0.2) is 11.1 Å². The van der Waals surface area contributed by atoms with Gasteiger partial charge in [-0.15, -0.1) is 12.4 Å². The van der Waals surface area contributed by atoms with Gasteiger partial charge in [0.15, 0.2) is 0 Å². The molecule has 0 N–H and O–H groups in total. The summed E-state index contributed by atoms with van der Waals surface area (Å²) in [5.74, 6) is -0.327. The molecule has 7 heteroatoms. The number of likely N-dealkylation sites (N-methyl/N-ethyl adjacent to an activating group) is 1. The first-order valence-corrected chi connectivity index (χ1v) is 7.58. The molecule has 0 aromatic rings. The lowest BCUT2D eigenvalue weighted by Crippen LogP contribution is -2.42. The van der Waals surface area contributed by atoms with E-state index < -0.39 is 0 Å². The van der Waals surface area contributed by atoms with E-state index in [1.54, 1.807) is 18.9 Å². The summed E-state index contributed by atoms with van der Waals surface area (Å²) in [6.45, 7) is 4.04. The summed E-state index contributed by atoms with van der Waals surface area (Å²) in [6, 6.07) is 0. The Morgan fingerprint density at radius 1 is 1.40 bits per heavy atom. The Bertz CT molecular complexity index is 397. The lowest BCUT2D eigenvalue weighted by molar-refractivity contribution is -0.137. The first-order valence-electron chi connectivity index (χ1n) is 6.70. The number of likely N-dealkylation sites (tertiary alicyclic amines) is 1. The number of piperidine rings is 1. The highest BCUT2D eigenvalue weighted by Gasteiger charge is 2.39. The van der Waals surface area contributed by atoms with Crippen LogP contribution in [0, 0.1) is 0 Å². The highest BCUT2D eigenvalue weighted by Crippen LogP contribution is 2.36. The molecule has 2 rings (SSSR count). The number of carbonyl (C=O) groups is 2. The van der Waals surface area contributed by atoms with Gasteiger partial charge in [0.2, 0.25) is 0 Å². The van der Waals surface area contributed by atoms with Gasteiger partial charge in [-0.05, 0) is 32.9 Å². The third-order valence-corrected chi connectivity index (χ3v) is 4.71. The average molecular weight is 321 g/mol. The first kappa shape index (κ1) is 17.3. The zero-order valence-corrected chi connectivity index (χ0v) is 13.5. The largest absolute Gasteiger partial charge is 0.463 e. The maximum Gasteiger partial charge on any atom is 0.333 e. The molecule has 20 heavy (non-hydrogen) atoms. The van der Waals surface area contributed by atoms with Gasteiger partial charge in [0.1, 0.15) is 5.37 Å². The van der Waals surface area contributed by atoms with Crippen LogP contribution in [0.4, 0.5) is 0 Å². The van der Waals surface area contributed by atoms with Gasteiger partial charge in [0, 0.05) is 7.05 Å². The van der Waals surface area contributed by atoms with E-state index in [0.717, 1.165) is 25.9 Å². The second-order valence-electron chi connectivity index (χ2n) is 4.70. The molecule has 0 aromatic carbocycles. The number of esters is 1. The Morgan fingerprint density at radius 2 is 2.05 bits per heavy atom. The van der Waals surface area contributed by atoms with E-state index >= 15 is 0 Å². The van der Waals surface area contributed by atoms with Crippen molar-refractivity contribution in [3.8, 4) is 0 Å². The van der Waals surface area contributed by atoms with Crippen molar-refractivity contribution in [2.24, 2.45) is 0 Å². The number of hydrogen-bond acceptors (Lipinski definition) is 5. The molecule has 0 bridgehead atoms. The normalized spacial score (nSPS) is 25.7. The van der Waals surface area contributed by atoms with Crippen LogP contribution in [0.3, 0.4) is 0 Å². The van der Waals surface area contributed by atoms with E-state index in [4.69, 9.17) is 4.74 Å². The van der Waals surface area contributed by atoms with E-state index in [1.807, 2.05) is 0 Å². The number of ether oxygens (including phenoxy) is 1. The molecular weight excluding hydrogens is 300 g/mol. The van der Waals surface area contributed by atoms with Crippen LogP contribution in [0.2, 0.25) is 0 Å². The molecule has 0 aromatic heterocycles. The van der Waals surface area contributed by atoms with Crippen LogP contribution in [0.25, 0.3) is 0 Å². The summed E-state index contributed by atoms with van der Waals surface area (Å²) in [5.41, 5.74) is 0. The number of nitrogens with zero attached hydrogens (tertiary/aromatic N) is 2. The third-order valence-electron chi connectivity index (χ3n) is 3.36. The van der Waals surface area contributed by atoms with E-state index in [9.17, 15) is 9.59 Å². The summed E-state index contributed by atoms with van der Waals surface area (Å²) >= 11 is 1.45. The van der Waals surface area contributed by atoms with Crippen molar-refractivity contribution in [3.05, 3.63) is 11.1 Å². The van der Waals surface area contributed by atoms with Crippen LogP contribution in [-0.2, 0) is 14.3 Å². The molecular formula is C13H21ClN2O3S. The van der Waals surface area contributed by atoms with Gasteiger partial charge in [-0.25, -0.2) is 4.79 Å². The minimum atomic E-state index is -0.385. The molecule has 2 heterocycles. The minimum absolute atomic E-state index is 0. The summed E-state index contributed by atoms with van der Waals surface area (Å²) in [4.78, 5) is 27.5. The van der Waals surface area contributed by atoms with Gasteiger partial charge in [-0.2, -0.15) is 0 Å². The minimum Gasteiger partial charge on any atom is -0.463 e. The fourth-order valence-electron chi connectivity index (χ4n) is 2.32. The number of rotatable bonds is 3. The van der Waals surface area contributed by atoms with Crippen molar-refractivity contribution in [1.82, 2.24) is 9.80 Å². The second kappa shape index (κ2) is 7.90. The molecule has 0 radical (unpaired) electrons. The zero-order chi connectivity index (χ0) is 13.8. The monoisotopic (exact) mass is 320 g/mol. The topological polar surface area (TPSA) is 49.9 Å². The Hall–Kier alpha value is -0.720. The summed E-state index contributed by atoms with van der Waals surface area (Å²) in [7, 11) is 1.71. The molecule has 1 unspecified atom stereocenters. The SMILES string of the molecule is CCOC(=O)C=C1SC(N2CCCCC2)C(=O)N1C.Cl. The first-order chi connectivity index (χ1) is 9.13. The molecule has 2 aliphatic rings. The Kier molecular flexibility index (Phi) is 6.85.